The van der Waals surface area contributed by atoms with E-state index in [2.05, 4.69) is 31.2 Å². The van der Waals surface area contributed by atoms with Gasteiger partial charge < -0.3 is 4.74 Å². The summed E-state index contributed by atoms with van der Waals surface area (Å²) >= 11 is 0. The quantitative estimate of drug-likeness (QED) is 0.660. The van der Waals surface area contributed by atoms with Crippen molar-refractivity contribution in [1.29, 1.82) is 0 Å². The molecule has 6 aliphatic rings. The third kappa shape index (κ3) is 1.64. The highest BCUT2D eigenvalue weighted by atomic mass is 16.5. The second kappa shape index (κ2) is 4.76. The lowest BCUT2D eigenvalue weighted by atomic mass is 9.49. The average Bonchev–Trinajstić information content (AvgIpc) is 3.20. The Morgan fingerprint density at radius 1 is 1.28 bits per heavy atom. The average molecular weight is 336 g/mol. The van der Waals surface area contributed by atoms with Crippen molar-refractivity contribution in [2.45, 2.75) is 51.0 Å². The summed E-state index contributed by atoms with van der Waals surface area (Å²) in [6.45, 7) is 3.23. The van der Waals surface area contributed by atoms with E-state index in [0.29, 0.717) is 23.0 Å². The molecular weight excluding hydrogens is 308 g/mol. The molecule has 132 valence electrons. The number of ether oxygens (including phenoxy) is 1. The number of fused-ring (bicyclic) bond motifs is 9. The minimum atomic E-state index is 0.0501. The highest BCUT2D eigenvalue weighted by molar-refractivity contribution is 5.91. The Labute approximate surface area is 150 Å². The monoisotopic (exact) mass is 336 g/mol. The van der Waals surface area contributed by atoms with Crippen LogP contribution in [0.5, 0.6) is 0 Å². The van der Waals surface area contributed by atoms with Crippen LogP contribution in [0.15, 0.2) is 36.0 Å². The van der Waals surface area contributed by atoms with Crippen molar-refractivity contribution in [3.63, 3.8) is 0 Å². The number of carbonyl (C=O) groups is 1. The van der Waals surface area contributed by atoms with Gasteiger partial charge in [-0.2, -0.15) is 0 Å². The van der Waals surface area contributed by atoms with Crippen LogP contribution in [0.25, 0.3) is 0 Å². The summed E-state index contributed by atoms with van der Waals surface area (Å²) in [5.41, 5.74) is 1.73. The van der Waals surface area contributed by atoms with Gasteiger partial charge in [-0.05, 0) is 79.3 Å². The molecule has 0 aromatic carbocycles. The molecule has 1 spiro atoms. The first-order valence-corrected chi connectivity index (χ1v) is 10.4. The normalized spacial score (nSPS) is 54.8. The van der Waals surface area contributed by atoms with E-state index in [4.69, 9.17) is 4.74 Å². The van der Waals surface area contributed by atoms with Crippen LogP contribution in [0.4, 0.5) is 0 Å². The Hall–Kier alpha value is -1.15. The van der Waals surface area contributed by atoms with E-state index in [1.54, 1.807) is 0 Å². The zero-order chi connectivity index (χ0) is 16.8. The number of ketones is 1. The van der Waals surface area contributed by atoms with Crippen LogP contribution in [-0.4, -0.2) is 18.0 Å². The Kier molecular flexibility index (Phi) is 2.85. The predicted molar refractivity (Wildman–Crippen MR) is 96.8 cm³/mol. The molecule has 1 aliphatic heterocycles. The minimum Gasteiger partial charge on any atom is -0.366 e. The maximum Gasteiger partial charge on any atom is 0.155 e. The van der Waals surface area contributed by atoms with Crippen molar-refractivity contribution >= 4 is 5.78 Å². The van der Waals surface area contributed by atoms with E-state index in [1.165, 1.54) is 31.3 Å². The highest BCUT2D eigenvalue weighted by Gasteiger charge is 2.77. The van der Waals surface area contributed by atoms with Gasteiger partial charge in [0.2, 0.25) is 0 Å². The third-order valence-electron chi connectivity index (χ3n) is 9.00. The molecule has 0 aromatic heterocycles. The van der Waals surface area contributed by atoms with Crippen LogP contribution in [0.3, 0.4) is 0 Å². The fourth-order valence-corrected chi connectivity index (χ4v) is 8.15. The third-order valence-corrected chi connectivity index (χ3v) is 9.00. The Morgan fingerprint density at radius 3 is 3.00 bits per heavy atom. The summed E-state index contributed by atoms with van der Waals surface area (Å²) in [6, 6.07) is 0. The van der Waals surface area contributed by atoms with E-state index in [0.717, 1.165) is 43.1 Å². The Balaban J connectivity index is 1.44. The Morgan fingerprint density at radius 2 is 2.20 bits per heavy atom. The molecule has 2 heteroatoms. The number of carbonyl (C=O) groups excluding carboxylic acids is 1. The largest absolute Gasteiger partial charge is 0.366 e. The fourth-order valence-electron chi connectivity index (χ4n) is 8.15. The minimum absolute atomic E-state index is 0.0501. The van der Waals surface area contributed by atoms with Crippen LogP contribution in [0, 0.1) is 40.9 Å². The summed E-state index contributed by atoms with van der Waals surface area (Å²) in [5.74, 6) is 4.87. The lowest BCUT2D eigenvalue weighted by Gasteiger charge is -2.57. The lowest BCUT2D eigenvalue weighted by Crippen LogP contribution is -2.55. The molecule has 6 rings (SSSR count). The van der Waals surface area contributed by atoms with Crippen LogP contribution in [0.1, 0.15) is 45.4 Å². The molecule has 0 saturated heterocycles. The molecule has 1 heterocycles. The standard InChI is InChI=1S/C23H28O2/c1-2-22-10-8-17-16-7-5-15(24)12-14(16)4-6-18(17)21(22)19-13-20(19)23(22)9-3-11-25-23/h3-4,6,9,12,16-21H,2,5,7-8,10-11,13H2,1H3/t16-,17?,18?,19-,20+,21?,22-,23-/m0/s1. The van der Waals surface area contributed by atoms with Gasteiger partial charge in [0.25, 0.3) is 0 Å². The van der Waals surface area contributed by atoms with Crippen LogP contribution in [0.2, 0.25) is 0 Å². The Bertz CT molecular complexity index is 730. The molecule has 25 heavy (non-hydrogen) atoms. The number of hydrogen-bond donors (Lipinski definition) is 0. The first-order valence-electron chi connectivity index (χ1n) is 10.4. The van der Waals surface area contributed by atoms with Gasteiger partial charge >= 0.3 is 0 Å². The fraction of sp³-hybridized carbons (Fsp3) is 0.696. The van der Waals surface area contributed by atoms with Gasteiger partial charge in [0, 0.05) is 11.8 Å². The van der Waals surface area contributed by atoms with Crippen molar-refractivity contribution in [2.75, 3.05) is 6.61 Å². The molecule has 0 amide bonds. The molecular formula is C23H28O2. The van der Waals surface area contributed by atoms with Gasteiger partial charge in [-0.3, -0.25) is 4.79 Å². The zero-order valence-corrected chi connectivity index (χ0v) is 15.1. The molecule has 2 nitrogen and oxygen atoms in total. The lowest BCUT2D eigenvalue weighted by molar-refractivity contribution is -0.133. The van der Waals surface area contributed by atoms with Gasteiger partial charge in [0.15, 0.2) is 5.78 Å². The van der Waals surface area contributed by atoms with Crippen molar-refractivity contribution in [2.24, 2.45) is 40.9 Å². The first kappa shape index (κ1) is 15.0. The summed E-state index contributed by atoms with van der Waals surface area (Å²) in [6.07, 6.45) is 18.6. The van der Waals surface area contributed by atoms with Gasteiger partial charge in [-0.25, -0.2) is 0 Å². The van der Waals surface area contributed by atoms with Crippen molar-refractivity contribution in [3.8, 4) is 0 Å². The molecule has 3 fully saturated rings. The topological polar surface area (TPSA) is 26.3 Å². The summed E-state index contributed by atoms with van der Waals surface area (Å²) in [4.78, 5) is 11.9. The summed E-state index contributed by atoms with van der Waals surface area (Å²) < 4.78 is 6.53. The number of rotatable bonds is 1. The van der Waals surface area contributed by atoms with Crippen LogP contribution >= 0.6 is 0 Å². The van der Waals surface area contributed by atoms with E-state index < -0.39 is 0 Å². The molecule has 0 radical (unpaired) electrons. The van der Waals surface area contributed by atoms with Crippen molar-refractivity contribution < 1.29 is 9.53 Å². The van der Waals surface area contributed by atoms with Gasteiger partial charge in [0.1, 0.15) is 0 Å². The van der Waals surface area contributed by atoms with Gasteiger partial charge in [0.05, 0.1) is 12.2 Å². The molecule has 8 atom stereocenters. The summed E-state index contributed by atoms with van der Waals surface area (Å²) in [5, 5.41) is 0. The summed E-state index contributed by atoms with van der Waals surface area (Å²) in [7, 11) is 0. The van der Waals surface area contributed by atoms with E-state index in [-0.39, 0.29) is 5.60 Å². The smallest absolute Gasteiger partial charge is 0.155 e. The van der Waals surface area contributed by atoms with Gasteiger partial charge in [-0.1, -0.05) is 31.2 Å². The number of allylic oxidation sites excluding steroid dienone is 4. The molecule has 3 unspecified atom stereocenters. The first-order chi connectivity index (χ1) is 12.2. The van der Waals surface area contributed by atoms with Crippen LogP contribution in [-0.2, 0) is 9.53 Å². The zero-order valence-electron chi connectivity index (χ0n) is 15.1. The van der Waals surface area contributed by atoms with E-state index >= 15 is 0 Å². The van der Waals surface area contributed by atoms with Gasteiger partial charge in [-0.15, -0.1) is 0 Å². The molecule has 0 bridgehead atoms. The van der Waals surface area contributed by atoms with E-state index in [9.17, 15) is 4.79 Å². The van der Waals surface area contributed by atoms with Crippen molar-refractivity contribution in [1.82, 2.24) is 0 Å². The molecule has 0 aromatic rings. The van der Waals surface area contributed by atoms with E-state index in [1.807, 2.05) is 6.08 Å². The second-order valence-corrected chi connectivity index (χ2v) is 9.44. The molecule has 3 saturated carbocycles. The van der Waals surface area contributed by atoms with Crippen LogP contribution < -0.4 is 0 Å². The molecule has 0 N–H and O–H groups in total. The molecule has 5 aliphatic carbocycles. The second-order valence-electron chi connectivity index (χ2n) is 9.44. The van der Waals surface area contributed by atoms with Crippen molar-refractivity contribution in [3.05, 3.63) is 36.0 Å². The number of hydrogen-bond acceptors (Lipinski definition) is 2. The maximum absolute atomic E-state index is 11.9. The maximum atomic E-state index is 11.9. The highest BCUT2D eigenvalue weighted by Crippen LogP contribution is 2.78. The SMILES string of the molecule is CC[C@]12CCC3C(C=CC4=CC(=O)CC[C@@H]43)C1[C@H]1C[C@H]1[C@@]21C=CCO1. The predicted octanol–water partition coefficient (Wildman–Crippen LogP) is 4.48.